The Morgan fingerprint density at radius 1 is 1.38 bits per heavy atom. The number of rotatable bonds is 2. The van der Waals surface area contributed by atoms with Crippen LogP contribution in [0.25, 0.3) is 0 Å². The summed E-state index contributed by atoms with van der Waals surface area (Å²) < 4.78 is 0. The van der Waals surface area contributed by atoms with Gasteiger partial charge < -0.3 is 10.6 Å². The highest BCUT2D eigenvalue weighted by atomic mass is 16.2. The lowest BCUT2D eigenvalue weighted by Gasteiger charge is -2.37. The van der Waals surface area contributed by atoms with E-state index in [1.54, 1.807) is 0 Å². The third-order valence-electron chi connectivity index (χ3n) is 4.84. The normalized spacial score (nSPS) is 41.9. The highest BCUT2D eigenvalue weighted by Crippen LogP contribution is 2.67. The molecule has 2 N–H and O–H groups in total. The molecule has 1 saturated carbocycles. The Morgan fingerprint density at radius 3 is 2.25 bits per heavy atom. The van der Waals surface area contributed by atoms with Crippen molar-refractivity contribution in [2.75, 3.05) is 0 Å². The number of amides is 1. The lowest BCUT2D eigenvalue weighted by Crippen LogP contribution is -2.50. The zero-order chi connectivity index (χ0) is 12.3. The molecule has 2 rings (SSSR count). The maximum atomic E-state index is 12.0. The molecule has 1 saturated heterocycles. The summed E-state index contributed by atoms with van der Waals surface area (Å²) in [6, 6.07) is 0.510. The Bertz CT molecular complexity index is 324. The highest BCUT2D eigenvalue weighted by molar-refractivity contribution is 5.80. The van der Waals surface area contributed by atoms with Crippen LogP contribution in [0.1, 0.15) is 47.5 Å². The third kappa shape index (κ3) is 1.41. The van der Waals surface area contributed by atoms with Crippen LogP contribution in [-0.2, 0) is 4.79 Å². The van der Waals surface area contributed by atoms with Crippen LogP contribution in [0.4, 0.5) is 0 Å². The van der Waals surface area contributed by atoms with Gasteiger partial charge in [-0.2, -0.15) is 0 Å². The van der Waals surface area contributed by atoms with Crippen molar-refractivity contribution in [2.45, 2.75) is 65.6 Å². The van der Waals surface area contributed by atoms with Gasteiger partial charge in [0.15, 0.2) is 0 Å². The topological polar surface area (TPSA) is 46.3 Å². The van der Waals surface area contributed by atoms with Crippen molar-refractivity contribution in [3.8, 4) is 0 Å². The number of nitrogens with zero attached hydrogens (tertiary/aromatic N) is 1. The van der Waals surface area contributed by atoms with Gasteiger partial charge in [-0.1, -0.05) is 20.8 Å². The molecule has 0 bridgehead atoms. The largest absolute Gasteiger partial charge is 0.335 e. The molecule has 1 heterocycles. The van der Waals surface area contributed by atoms with Gasteiger partial charge in [-0.05, 0) is 31.1 Å². The predicted molar refractivity (Wildman–Crippen MR) is 64.9 cm³/mol. The zero-order valence-electron chi connectivity index (χ0n) is 11.1. The van der Waals surface area contributed by atoms with E-state index in [9.17, 15) is 4.79 Å². The lowest BCUT2D eigenvalue weighted by molar-refractivity contribution is -0.131. The van der Waals surface area contributed by atoms with Gasteiger partial charge in [0.2, 0.25) is 5.91 Å². The molecule has 3 nitrogen and oxygen atoms in total. The molecule has 3 atom stereocenters. The number of hydrogen-bond donors (Lipinski definition) is 1. The zero-order valence-corrected chi connectivity index (χ0v) is 11.1. The molecule has 0 aromatic carbocycles. The fourth-order valence-electron chi connectivity index (χ4n) is 3.55. The van der Waals surface area contributed by atoms with E-state index >= 15 is 0 Å². The fourth-order valence-corrected chi connectivity index (χ4v) is 3.55. The molecule has 0 aromatic heterocycles. The standard InChI is InChI=1S/C13H24N2O/c1-8(2)15-10(16)6-9(14)11(15)13(5)7-12(13,3)4/h8-9,11H,6-7,14H2,1-5H3/t9-,11-,13?/m0/s1. The monoisotopic (exact) mass is 224 g/mol. The van der Waals surface area contributed by atoms with Crippen molar-refractivity contribution in [2.24, 2.45) is 16.6 Å². The van der Waals surface area contributed by atoms with Crippen LogP contribution in [0.3, 0.4) is 0 Å². The van der Waals surface area contributed by atoms with Crippen molar-refractivity contribution < 1.29 is 4.79 Å². The molecule has 2 aliphatic rings. The summed E-state index contributed by atoms with van der Waals surface area (Å²) in [4.78, 5) is 14.0. The predicted octanol–water partition coefficient (Wildman–Crippen LogP) is 1.76. The second-order valence-electron chi connectivity index (χ2n) is 6.69. The molecule has 3 heteroatoms. The van der Waals surface area contributed by atoms with E-state index in [2.05, 4.69) is 34.6 Å². The van der Waals surface area contributed by atoms with E-state index in [4.69, 9.17) is 5.73 Å². The first-order valence-electron chi connectivity index (χ1n) is 6.27. The number of likely N-dealkylation sites (tertiary alicyclic amines) is 1. The summed E-state index contributed by atoms with van der Waals surface area (Å²) in [7, 11) is 0. The molecule has 92 valence electrons. The maximum Gasteiger partial charge on any atom is 0.224 e. The average Bonchev–Trinajstić information content (AvgIpc) is 2.48. The minimum absolute atomic E-state index is 0.0154. The van der Waals surface area contributed by atoms with Gasteiger partial charge in [0.25, 0.3) is 0 Å². The number of carbonyl (C=O) groups excluding carboxylic acids is 1. The fraction of sp³-hybridized carbons (Fsp3) is 0.923. The summed E-state index contributed by atoms with van der Waals surface area (Å²) in [5.41, 5.74) is 6.72. The Morgan fingerprint density at radius 2 is 1.88 bits per heavy atom. The van der Waals surface area contributed by atoms with Gasteiger partial charge >= 0.3 is 0 Å². The molecule has 1 aliphatic heterocycles. The molecular weight excluding hydrogens is 200 g/mol. The van der Waals surface area contributed by atoms with Crippen molar-refractivity contribution in [3.05, 3.63) is 0 Å². The molecule has 0 radical (unpaired) electrons. The molecule has 1 amide bonds. The van der Waals surface area contributed by atoms with Crippen molar-refractivity contribution in [3.63, 3.8) is 0 Å². The first kappa shape index (κ1) is 11.9. The van der Waals surface area contributed by atoms with E-state index in [1.807, 2.05) is 4.90 Å². The third-order valence-corrected chi connectivity index (χ3v) is 4.84. The molecule has 2 fully saturated rings. The van der Waals surface area contributed by atoms with Crippen LogP contribution in [0.15, 0.2) is 0 Å². The minimum atomic E-state index is 0.0154. The minimum Gasteiger partial charge on any atom is -0.335 e. The summed E-state index contributed by atoms with van der Waals surface area (Å²) >= 11 is 0. The molecule has 1 aliphatic carbocycles. The maximum absolute atomic E-state index is 12.0. The van der Waals surface area contributed by atoms with E-state index in [0.717, 1.165) is 0 Å². The van der Waals surface area contributed by atoms with Crippen molar-refractivity contribution in [1.82, 2.24) is 4.90 Å². The van der Waals surface area contributed by atoms with E-state index in [0.29, 0.717) is 11.8 Å². The SMILES string of the molecule is CC(C)N1C(=O)C[C@H](N)[C@H]1C1(C)CC1(C)C. The lowest BCUT2D eigenvalue weighted by atomic mass is 9.85. The van der Waals surface area contributed by atoms with E-state index < -0.39 is 0 Å². The highest BCUT2D eigenvalue weighted by Gasteiger charge is 2.66. The second kappa shape index (κ2) is 3.22. The van der Waals surface area contributed by atoms with Crippen LogP contribution in [0, 0.1) is 10.8 Å². The van der Waals surface area contributed by atoms with Gasteiger partial charge in [0.05, 0.1) is 6.04 Å². The molecule has 1 unspecified atom stereocenters. The first-order valence-corrected chi connectivity index (χ1v) is 6.27. The molecular formula is C13H24N2O. The van der Waals surface area contributed by atoms with Gasteiger partial charge in [0.1, 0.15) is 0 Å². The Hall–Kier alpha value is -0.570. The van der Waals surface area contributed by atoms with E-state index in [-0.39, 0.29) is 29.4 Å². The van der Waals surface area contributed by atoms with Gasteiger partial charge in [-0.15, -0.1) is 0 Å². The smallest absolute Gasteiger partial charge is 0.224 e. The Labute approximate surface area is 98.4 Å². The van der Waals surface area contributed by atoms with Gasteiger partial charge in [-0.25, -0.2) is 0 Å². The quantitative estimate of drug-likeness (QED) is 0.777. The Balaban J connectivity index is 2.29. The van der Waals surface area contributed by atoms with Crippen molar-refractivity contribution >= 4 is 5.91 Å². The summed E-state index contributed by atoms with van der Waals surface area (Å²) in [6.45, 7) is 11.0. The first-order chi connectivity index (χ1) is 7.21. The number of nitrogens with two attached hydrogens (primary N) is 1. The van der Waals surface area contributed by atoms with Gasteiger partial charge in [0, 0.05) is 18.5 Å². The van der Waals surface area contributed by atoms with Crippen molar-refractivity contribution in [1.29, 1.82) is 0 Å². The van der Waals surface area contributed by atoms with Crippen LogP contribution < -0.4 is 5.73 Å². The molecule has 0 spiro atoms. The Kier molecular flexibility index (Phi) is 2.40. The van der Waals surface area contributed by atoms with Gasteiger partial charge in [-0.3, -0.25) is 4.79 Å². The van der Waals surface area contributed by atoms with E-state index in [1.165, 1.54) is 6.42 Å². The summed E-state index contributed by atoms with van der Waals surface area (Å²) in [5, 5.41) is 0. The average molecular weight is 224 g/mol. The van der Waals surface area contributed by atoms with Crippen LogP contribution in [0.2, 0.25) is 0 Å². The number of carbonyl (C=O) groups is 1. The van der Waals surface area contributed by atoms with Crippen LogP contribution >= 0.6 is 0 Å². The van der Waals surface area contributed by atoms with Crippen LogP contribution in [0.5, 0.6) is 0 Å². The second-order valence-corrected chi connectivity index (χ2v) is 6.69. The molecule has 0 aromatic rings. The number of hydrogen-bond acceptors (Lipinski definition) is 2. The summed E-state index contributed by atoms with van der Waals surface area (Å²) in [5.74, 6) is 0.233. The van der Waals surface area contributed by atoms with Crippen LogP contribution in [-0.4, -0.2) is 28.9 Å². The summed E-state index contributed by atoms with van der Waals surface area (Å²) in [6.07, 6.45) is 1.70. The molecule has 16 heavy (non-hydrogen) atoms.